The molecule has 0 aromatic heterocycles. The zero-order valence-electron chi connectivity index (χ0n) is 18.5. The molecule has 0 radical (unpaired) electrons. The van der Waals surface area contributed by atoms with E-state index in [1.807, 2.05) is 0 Å². The van der Waals surface area contributed by atoms with Crippen LogP contribution in [0, 0.1) is 0 Å². The highest BCUT2D eigenvalue weighted by Gasteiger charge is 2.05. The summed E-state index contributed by atoms with van der Waals surface area (Å²) in [4.78, 5) is 34.1. The number of hydrogen-bond acceptors (Lipinski definition) is 5. The topological polar surface area (TPSA) is 69.7 Å². The zero-order valence-corrected chi connectivity index (χ0v) is 18.5. The molecule has 5 heteroatoms. The van der Waals surface area contributed by atoms with Gasteiger partial charge in [-0.1, -0.05) is 64.7 Å². The SMILES string of the molecule is CCCCCCCCOC(=O)CCCCCCCCC(=O)Oc1ccc(C=O)cc1. The minimum Gasteiger partial charge on any atom is -0.466 e. The van der Waals surface area contributed by atoms with Crippen molar-refractivity contribution in [3.8, 4) is 5.75 Å². The second kappa shape index (κ2) is 17.7. The van der Waals surface area contributed by atoms with E-state index >= 15 is 0 Å². The first-order valence-corrected chi connectivity index (χ1v) is 11.6. The summed E-state index contributed by atoms with van der Waals surface area (Å²) in [6.45, 7) is 2.76. The van der Waals surface area contributed by atoms with Gasteiger partial charge < -0.3 is 9.47 Å². The molecule has 0 bridgehead atoms. The number of hydrogen-bond donors (Lipinski definition) is 0. The Kier molecular flexibility index (Phi) is 15.2. The van der Waals surface area contributed by atoms with Gasteiger partial charge >= 0.3 is 11.9 Å². The van der Waals surface area contributed by atoms with Crippen molar-refractivity contribution < 1.29 is 23.9 Å². The van der Waals surface area contributed by atoms with Crippen LogP contribution in [-0.2, 0) is 14.3 Å². The summed E-state index contributed by atoms with van der Waals surface area (Å²) in [6.07, 6.45) is 14.6. The first kappa shape index (κ1) is 25.9. The fraction of sp³-hybridized carbons (Fsp3) is 0.640. The summed E-state index contributed by atoms with van der Waals surface area (Å²) in [5.41, 5.74) is 0.556. The highest BCUT2D eigenvalue weighted by Crippen LogP contribution is 2.14. The van der Waals surface area contributed by atoms with E-state index < -0.39 is 0 Å². The number of esters is 2. The first-order chi connectivity index (χ1) is 14.7. The van der Waals surface area contributed by atoms with Gasteiger partial charge in [0.25, 0.3) is 0 Å². The Morgan fingerprint density at radius 2 is 1.27 bits per heavy atom. The normalized spacial score (nSPS) is 10.6. The van der Waals surface area contributed by atoms with Crippen LogP contribution in [0.15, 0.2) is 24.3 Å². The summed E-state index contributed by atoms with van der Waals surface area (Å²) in [6, 6.07) is 6.50. The van der Waals surface area contributed by atoms with E-state index in [2.05, 4.69) is 6.92 Å². The molecule has 5 nitrogen and oxygen atoms in total. The Balaban J connectivity index is 1.90. The molecule has 0 aliphatic rings. The maximum Gasteiger partial charge on any atom is 0.311 e. The summed E-state index contributed by atoms with van der Waals surface area (Å²) in [7, 11) is 0. The lowest BCUT2D eigenvalue weighted by Crippen LogP contribution is -2.07. The number of carbonyl (C=O) groups is 3. The van der Waals surface area contributed by atoms with Gasteiger partial charge in [0.15, 0.2) is 0 Å². The van der Waals surface area contributed by atoms with Gasteiger partial charge in [0.1, 0.15) is 12.0 Å². The van der Waals surface area contributed by atoms with Crippen molar-refractivity contribution in [2.75, 3.05) is 6.61 Å². The Bertz CT molecular complexity index is 594. The smallest absolute Gasteiger partial charge is 0.311 e. The molecule has 1 rings (SSSR count). The first-order valence-electron chi connectivity index (χ1n) is 11.6. The third kappa shape index (κ3) is 13.9. The average molecular weight is 419 g/mol. The van der Waals surface area contributed by atoms with Crippen molar-refractivity contribution in [2.45, 2.75) is 96.8 Å². The molecule has 0 heterocycles. The molecule has 0 atom stereocenters. The van der Waals surface area contributed by atoms with Crippen LogP contribution >= 0.6 is 0 Å². The maximum atomic E-state index is 11.8. The molecule has 0 amide bonds. The lowest BCUT2D eigenvalue weighted by Gasteiger charge is -2.06. The van der Waals surface area contributed by atoms with Crippen molar-refractivity contribution >= 4 is 18.2 Å². The van der Waals surface area contributed by atoms with E-state index in [0.717, 1.165) is 57.7 Å². The van der Waals surface area contributed by atoms with Crippen LogP contribution in [0.5, 0.6) is 5.75 Å². The lowest BCUT2D eigenvalue weighted by molar-refractivity contribution is -0.144. The van der Waals surface area contributed by atoms with Crippen LogP contribution in [0.3, 0.4) is 0 Å². The molecule has 30 heavy (non-hydrogen) atoms. The molecule has 0 spiro atoms. The average Bonchev–Trinajstić information content (AvgIpc) is 2.75. The molecular weight excluding hydrogens is 380 g/mol. The monoisotopic (exact) mass is 418 g/mol. The lowest BCUT2D eigenvalue weighted by atomic mass is 10.1. The number of ether oxygens (including phenoxy) is 2. The molecule has 0 saturated carbocycles. The van der Waals surface area contributed by atoms with E-state index in [0.29, 0.717) is 30.8 Å². The van der Waals surface area contributed by atoms with Gasteiger partial charge in [-0.2, -0.15) is 0 Å². The molecule has 0 fully saturated rings. The van der Waals surface area contributed by atoms with Gasteiger partial charge in [-0.25, -0.2) is 0 Å². The molecule has 0 aliphatic carbocycles. The van der Waals surface area contributed by atoms with E-state index in [1.54, 1.807) is 24.3 Å². The molecular formula is C25H38O5. The minimum atomic E-state index is -0.248. The second-order valence-corrected chi connectivity index (χ2v) is 7.77. The zero-order chi connectivity index (χ0) is 21.9. The Labute approximate surface area is 181 Å². The number of benzene rings is 1. The van der Waals surface area contributed by atoms with Crippen LogP contribution in [0.25, 0.3) is 0 Å². The van der Waals surface area contributed by atoms with Crippen molar-refractivity contribution in [2.24, 2.45) is 0 Å². The highest BCUT2D eigenvalue weighted by molar-refractivity contribution is 5.76. The molecule has 0 N–H and O–H groups in total. The van der Waals surface area contributed by atoms with Gasteiger partial charge in [0.05, 0.1) is 6.61 Å². The molecule has 0 unspecified atom stereocenters. The van der Waals surface area contributed by atoms with Crippen LogP contribution in [0.1, 0.15) is 107 Å². The molecule has 0 saturated heterocycles. The van der Waals surface area contributed by atoms with E-state index in [9.17, 15) is 14.4 Å². The van der Waals surface area contributed by atoms with Crippen LogP contribution in [0.2, 0.25) is 0 Å². The van der Waals surface area contributed by atoms with Gasteiger partial charge in [-0.3, -0.25) is 14.4 Å². The van der Waals surface area contributed by atoms with Crippen molar-refractivity contribution in [1.82, 2.24) is 0 Å². The van der Waals surface area contributed by atoms with Gasteiger partial charge in [-0.05, 0) is 43.5 Å². The fourth-order valence-electron chi connectivity index (χ4n) is 3.18. The third-order valence-electron chi connectivity index (χ3n) is 5.02. The number of rotatable bonds is 18. The van der Waals surface area contributed by atoms with Crippen LogP contribution in [-0.4, -0.2) is 24.8 Å². The number of unbranched alkanes of at least 4 members (excludes halogenated alkanes) is 10. The molecule has 0 aliphatic heterocycles. The Hall–Kier alpha value is -2.17. The predicted molar refractivity (Wildman–Crippen MR) is 119 cm³/mol. The predicted octanol–water partition coefficient (Wildman–Crippen LogP) is 6.43. The van der Waals surface area contributed by atoms with Gasteiger partial charge in [0.2, 0.25) is 0 Å². The van der Waals surface area contributed by atoms with E-state index in [-0.39, 0.29) is 11.9 Å². The van der Waals surface area contributed by atoms with Crippen LogP contribution in [0.4, 0.5) is 0 Å². The summed E-state index contributed by atoms with van der Waals surface area (Å²) < 4.78 is 10.5. The molecule has 1 aromatic rings. The largest absolute Gasteiger partial charge is 0.466 e. The molecule has 168 valence electrons. The number of aldehydes is 1. The van der Waals surface area contributed by atoms with Crippen molar-refractivity contribution in [3.05, 3.63) is 29.8 Å². The number of carbonyl (C=O) groups excluding carboxylic acids is 3. The molecule has 1 aromatic carbocycles. The Morgan fingerprint density at radius 1 is 0.733 bits per heavy atom. The summed E-state index contributed by atoms with van der Waals surface area (Å²) in [5, 5.41) is 0. The fourth-order valence-corrected chi connectivity index (χ4v) is 3.18. The standard InChI is InChI=1S/C25H38O5/c1-2-3-4-5-10-13-20-29-24(27)14-11-8-6-7-9-12-15-25(28)30-23-18-16-22(21-26)17-19-23/h16-19,21H,2-15,20H2,1H3. The van der Waals surface area contributed by atoms with E-state index in [4.69, 9.17) is 9.47 Å². The van der Waals surface area contributed by atoms with Crippen molar-refractivity contribution in [3.63, 3.8) is 0 Å². The van der Waals surface area contributed by atoms with Crippen LogP contribution < -0.4 is 4.74 Å². The maximum absolute atomic E-state index is 11.8. The Morgan fingerprint density at radius 3 is 1.87 bits per heavy atom. The highest BCUT2D eigenvalue weighted by atomic mass is 16.5. The quantitative estimate of drug-likeness (QED) is 0.119. The van der Waals surface area contributed by atoms with Gasteiger partial charge in [0, 0.05) is 18.4 Å². The summed E-state index contributed by atoms with van der Waals surface area (Å²) >= 11 is 0. The van der Waals surface area contributed by atoms with Gasteiger partial charge in [-0.15, -0.1) is 0 Å². The third-order valence-corrected chi connectivity index (χ3v) is 5.02. The second-order valence-electron chi connectivity index (χ2n) is 7.77. The van der Waals surface area contributed by atoms with E-state index in [1.165, 1.54) is 25.7 Å². The minimum absolute atomic E-state index is 0.0764. The van der Waals surface area contributed by atoms with Crippen molar-refractivity contribution in [1.29, 1.82) is 0 Å². The summed E-state index contributed by atoms with van der Waals surface area (Å²) in [5.74, 6) is 0.142.